The molecule has 1 aliphatic heterocycles. The molecule has 0 unspecified atom stereocenters. The lowest BCUT2D eigenvalue weighted by atomic mass is 9.98. The summed E-state index contributed by atoms with van der Waals surface area (Å²) in [5.74, 6) is -0.414. The minimum Gasteiger partial charge on any atom is -0.367 e. The van der Waals surface area contributed by atoms with Gasteiger partial charge >= 0.3 is 0 Å². The zero-order valence-electron chi connectivity index (χ0n) is 18.3. The molecule has 1 saturated carbocycles. The van der Waals surface area contributed by atoms with Crippen LogP contribution in [0.1, 0.15) is 16.8 Å². The average Bonchev–Trinajstić information content (AvgIpc) is 3.55. The third-order valence-electron chi connectivity index (χ3n) is 6.88. The van der Waals surface area contributed by atoms with Crippen LogP contribution in [-0.2, 0) is 0 Å². The Balaban J connectivity index is 1.23. The zero-order chi connectivity index (χ0) is 23.2. The van der Waals surface area contributed by atoms with Gasteiger partial charge in [0.2, 0.25) is 0 Å². The Kier molecular flexibility index (Phi) is 4.98. The third-order valence-corrected chi connectivity index (χ3v) is 6.88. The van der Waals surface area contributed by atoms with Gasteiger partial charge in [0, 0.05) is 30.8 Å². The normalized spacial score (nSPS) is 20.9. The molecule has 1 aliphatic carbocycles. The van der Waals surface area contributed by atoms with Crippen molar-refractivity contribution in [1.29, 1.82) is 0 Å². The summed E-state index contributed by atoms with van der Waals surface area (Å²) in [6.07, 6.45) is 2.63. The number of likely N-dealkylation sites (tertiary alicyclic amines) is 1. The van der Waals surface area contributed by atoms with E-state index in [-0.39, 0.29) is 17.5 Å². The van der Waals surface area contributed by atoms with E-state index >= 15 is 0 Å². The maximum atomic E-state index is 13.7. The number of carbonyl (C=O) groups is 1. The number of aromatic nitrogens is 2. The summed E-state index contributed by atoms with van der Waals surface area (Å²) in [7, 11) is 0. The highest BCUT2D eigenvalue weighted by Crippen LogP contribution is 2.50. The Labute approximate surface area is 195 Å². The number of halogens is 2. The van der Waals surface area contributed by atoms with Crippen molar-refractivity contribution in [3.8, 4) is 11.1 Å². The second kappa shape index (κ2) is 8.17. The van der Waals surface area contributed by atoms with E-state index in [9.17, 15) is 13.6 Å². The Morgan fingerprint density at radius 3 is 2.56 bits per heavy atom. The van der Waals surface area contributed by atoms with Crippen LogP contribution in [0.5, 0.6) is 0 Å². The lowest BCUT2D eigenvalue weighted by Gasteiger charge is -2.29. The van der Waals surface area contributed by atoms with Gasteiger partial charge in [0.1, 0.15) is 5.82 Å². The van der Waals surface area contributed by atoms with Crippen molar-refractivity contribution in [1.82, 2.24) is 14.9 Å². The number of hydrogen-bond acceptors (Lipinski definition) is 4. The topological polar surface area (TPSA) is 58.1 Å². The fraction of sp³-hybridized carbons (Fsp3) is 0.222. The molecule has 4 aromatic rings. The lowest BCUT2D eigenvalue weighted by molar-refractivity contribution is 0.0716. The number of piperidine rings is 1. The van der Waals surface area contributed by atoms with Crippen LogP contribution in [-0.4, -0.2) is 39.9 Å². The molecule has 170 valence electrons. The van der Waals surface area contributed by atoms with E-state index in [1.54, 1.807) is 0 Å². The number of amides is 1. The SMILES string of the molecule is O=C(c1ccccc1-c1ccccc1)N1C[C@H]2C[C@H]2[C@H]1CNc1cnc2cc(F)c(F)cc2n1. The van der Waals surface area contributed by atoms with Crippen LogP contribution >= 0.6 is 0 Å². The summed E-state index contributed by atoms with van der Waals surface area (Å²) in [5, 5.41) is 3.27. The van der Waals surface area contributed by atoms with Crippen LogP contribution < -0.4 is 5.32 Å². The van der Waals surface area contributed by atoms with Gasteiger partial charge in [-0.2, -0.15) is 0 Å². The van der Waals surface area contributed by atoms with Gasteiger partial charge in [0.05, 0.1) is 23.3 Å². The quantitative estimate of drug-likeness (QED) is 0.451. The molecule has 1 aromatic heterocycles. The number of nitrogens with zero attached hydrogens (tertiary/aromatic N) is 3. The molecule has 2 heterocycles. The second-order valence-electron chi connectivity index (χ2n) is 8.99. The van der Waals surface area contributed by atoms with E-state index in [2.05, 4.69) is 15.3 Å². The summed E-state index contributed by atoms with van der Waals surface area (Å²) in [6.45, 7) is 1.26. The molecule has 34 heavy (non-hydrogen) atoms. The van der Waals surface area contributed by atoms with Crippen LogP contribution in [0.2, 0.25) is 0 Å². The molecule has 3 atom stereocenters. The first kappa shape index (κ1) is 20.7. The van der Waals surface area contributed by atoms with Crippen molar-refractivity contribution in [3.63, 3.8) is 0 Å². The van der Waals surface area contributed by atoms with Crippen molar-refractivity contribution in [2.24, 2.45) is 11.8 Å². The van der Waals surface area contributed by atoms with Crippen LogP contribution in [0.3, 0.4) is 0 Å². The van der Waals surface area contributed by atoms with Gasteiger partial charge in [-0.25, -0.2) is 13.8 Å². The molecule has 6 rings (SSSR count). The van der Waals surface area contributed by atoms with Crippen LogP contribution in [0.15, 0.2) is 72.9 Å². The fourth-order valence-electron chi connectivity index (χ4n) is 5.06. The Morgan fingerprint density at radius 2 is 1.74 bits per heavy atom. The number of hydrogen-bond donors (Lipinski definition) is 1. The first-order chi connectivity index (χ1) is 16.6. The Hall–Kier alpha value is -3.87. The summed E-state index contributed by atoms with van der Waals surface area (Å²) in [6, 6.07) is 19.8. The summed E-state index contributed by atoms with van der Waals surface area (Å²) in [5.41, 5.74) is 3.21. The molecule has 2 fully saturated rings. The van der Waals surface area contributed by atoms with E-state index in [1.165, 1.54) is 6.20 Å². The number of benzene rings is 3. The maximum Gasteiger partial charge on any atom is 0.254 e. The minimum atomic E-state index is -0.954. The monoisotopic (exact) mass is 456 g/mol. The second-order valence-corrected chi connectivity index (χ2v) is 8.99. The molecule has 1 N–H and O–H groups in total. The van der Waals surface area contributed by atoms with Gasteiger partial charge in [-0.1, -0.05) is 48.5 Å². The summed E-state index contributed by atoms with van der Waals surface area (Å²) >= 11 is 0. The minimum absolute atomic E-state index is 0.0283. The van der Waals surface area contributed by atoms with Crippen LogP contribution in [0.4, 0.5) is 14.6 Å². The molecular formula is C27H22F2N4O. The van der Waals surface area contributed by atoms with Gasteiger partial charge in [0.25, 0.3) is 5.91 Å². The van der Waals surface area contributed by atoms with Crippen LogP contribution in [0.25, 0.3) is 22.2 Å². The largest absolute Gasteiger partial charge is 0.367 e. The fourth-order valence-corrected chi connectivity index (χ4v) is 5.06. The number of rotatable bonds is 5. The highest BCUT2D eigenvalue weighted by atomic mass is 19.2. The van der Waals surface area contributed by atoms with Gasteiger partial charge < -0.3 is 10.2 Å². The Morgan fingerprint density at radius 1 is 1.00 bits per heavy atom. The first-order valence-corrected chi connectivity index (χ1v) is 11.4. The van der Waals surface area contributed by atoms with Gasteiger partial charge in [-0.15, -0.1) is 0 Å². The molecule has 1 amide bonds. The highest BCUT2D eigenvalue weighted by molar-refractivity contribution is 6.01. The average molecular weight is 456 g/mol. The van der Waals surface area contributed by atoms with Crippen molar-refractivity contribution < 1.29 is 13.6 Å². The van der Waals surface area contributed by atoms with Gasteiger partial charge in [-0.3, -0.25) is 9.78 Å². The molecule has 3 aromatic carbocycles. The van der Waals surface area contributed by atoms with E-state index in [1.807, 2.05) is 59.5 Å². The standard InChI is InChI=1S/C27H22F2N4O/c28-21-11-23-24(12-22(21)29)32-26(14-30-23)31-13-25-20-10-17(20)15-33(25)27(34)19-9-5-4-8-18(19)16-6-2-1-3-7-16/h1-9,11-12,14,17,20,25H,10,13,15H2,(H,31,32)/t17-,20-,25-/m1/s1. The summed E-state index contributed by atoms with van der Waals surface area (Å²) in [4.78, 5) is 24.2. The number of anilines is 1. The first-order valence-electron chi connectivity index (χ1n) is 11.4. The van der Waals surface area contributed by atoms with E-state index in [0.29, 0.717) is 35.3 Å². The Bertz CT molecular complexity index is 1390. The number of carbonyl (C=O) groups excluding carboxylic acids is 1. The maximum absolute atomic E-state index is 13.7. The predicted octanol–water partition coefficient (Wildman–Crippen LogP) is 5.15. The van der Waals surface area contributed by atoms with E-state index in [0.717, 1.165) is 36.2 Å². The molecule has 7 heteroatoms. The van der Waals surface area contributed by atoms with E-state index in [4.69, 9.17) is 0 Å². The molecule has 0 spiro atoms. The predicted molar refractivity (Wildman–Crippen MR) is 126 cm³/mol. The highest BCUT2D eigenvalue weighted by Gasteiger charge is 2.53. The molecule has 0 bridgehead atoms. The molecule has 1 saturated heterocycles. The van der Waals surface area contributed by atoms with Crippen molar-refractivity contribution in [2.45, 2.75) is 12.5 Å². The molecule has 5 nitrogen and oxygen atoms in total. The third kappa shape index (κ3) is 3.67. The molecule has 0 radical (unpaired) electrons. The lowest BCUT2D eigenvalue weighted by Crippen LogP contribution is -2.42. The number of fused-ring (bicyclic) bond motifs is 2. The smallest absolute Gasteiger partial charge is 0.254 e. The summed E-state index contributed by atoms with van der Waals surface area (Å²) < 4.78 is 27.1. The van der Waals surface area contributed by atoms with Gasteiger partial charge in [-0.05, 0) is 35.4 Å². The van der Waals surface area contributed by atoms with Crippen molar-refractivity contribution in [2.75, 3.05) is 18.4 Å². The molecule has 2 aliphatic rings. The van der Waals surface area contributed by atoms with Gasteiger partial charge in [0.15, 0.2) is 11.6 Å². The zero-order valence-corrected chi connectivity index (χ0v) is 18.3. The van der Waals surface area contributed by atoms with Crippen molar-refractivity contribution >= 4 is 22.8 Å². The van der Waals surface area contributed by atoms with Crippen LogP contribution in [0, 0.1) is 23.5 Å². The van der Waals surface area contributed by atoms with Crippen molar-refractivity contribution in [3.05, 3.63) is 90.1 Å². The van der Waals surface area contributed by atoms with E-state index < -0.39 is 11.6 Å². The number of nitrogens with one attached hydrogen (secondary N) is 1. The molecular weight excluding hydrogens is 434 g/mol.